The third-order valence-electron chi connectivity index (χ3n) is 4.37. The van der Waals surface area contributed by atoms with E-state index in [1.54, 1.807) is 36.4 Å². The van der Waals surface area contributed by atoms with Crippen molar-refractivity contribution in [2.75, 3.05) is 11.5 Å². The number of amides is 2. The van der Waals surface area contributed by atoms with Crippen LogP contribution in [0.25, 0.3) is 6.08 Å². The van der Waals surface area contributed by atoms with E-state index in [1.165, 1.54) is 4.90 Å². The quantitative estimate of drug-likeness (QED) is 0.728. The maximum absolute atomic E-state index is 12.8. The van der Waals surface area contributed by atoms with Crippen LogP contribution in [0.2, 0.25) is 0 Å². The summed E-state index contributed by atoms with van der Waals surface area (Å²) in [5.41, 5.74) is 3.26. The summed E-state index contributed by atoms with van der Waals surface area (Å²) in [6.45, 7) is 3.91. The zero-order valence-corrected chi connectivity index (χ0v) is 16.3. The maximum atomic E-state index is 12.8. The number of aliphatic carboxylic acids is 1. The predicted octanol–water partition coefficient (Wildman–Crippen LogP) is 4.40. The molecule has 1 N–H and O–H groups in total. The lowest BCUT2D eigenvalue weighted by Crippen LogP contribution is -2.28. The monoisotopic (exact) mass is 397 g/mol. The first kappa shape index (κ1) is 19.7. The van der Waals surface area contributed by atoms with Crippen molar-refractivity contribution in [3.8, 4) is 5.75 Å². The molecule has 1 aliphatic rings. The molecule has 1 saturated heterocycles. The van der Waals surface area contributed by atoms with Gasteiger partial charge in [0.25, 0.3) is 11.1 Å². The molecule has 1 aliphatic heterocycles. The summed E-state index contributed by atoms with van der Waals surface area (Å²) in [4.78, 5) is 37.3. The molecule has 28 heavy (non-hydrogen) atoms. The van der Waals surface area contributed by atoms with E-state index in [2.05, 4.69) is 0 Å². The van der Waals surface area contributed by atoms with Crippen molar-refractivity contribution in [3.05, 3.63) is 64.1 Å². The molecule has 0 atom stereocenters. The molecule has 0 aromatic heterocycles. The van der Waals surface area contributed by atoms with E-state index >= 15 is 0 Å². The van der Waals surface area contributed by atoms with Crippen molar-refractivity contribution in [2.45, 2.75) is 20.3 Å². The van der Waals surface area contributed by atoms with Crippen LogP contribution in [0.15, 0.2) is 47.4 Å². The van der Waals surface area contributed by atoms with Crippen molar-refractivity contribution in [3.63, 3.8) is 0 Å². The minimum absolute atomic E-state index is 0.0761. The first-order valence-electron chi connectivity index (χ1n) is 8.65. The van der Waals surface area contributed by atoms with Crippen LogP contribution in [-0.2, 0) is 9.59 Å². The van der Waals surface area contributed by atoms with Gasteiger partial charge in [0.15, 0.2) is 0 Å². The molecule has 2 aromatic carbocycles. The molecule has 7 heteroatoms. The van der Waals surface area contributed by atoms with Crippen LogP contribution in [0.1, 0.15) is 23.1 Å². The van der Waals surface area contributed by atoms with E-state index in [1.807, 2.05) is 26.0 Å². The number of anilines is 1. The highest BCUT2D eigenvalue weighted by molar-refractivity contribution is 8.19. The fraction of sp³-hybridized carbons (Fsp3) is 0.190. The Balaban J connectivity index is 1.76. The second-order valence-electron chi connectivity index (χ2n) is 6.30. The molecule has 144 valence electrons. The van der Waals surface area contributed by atoms with Crippen LogP contribution in [-0.4, -0.2) is 28.8 Å². The minimum Gasteiger partial charge on any atom is -0.493 e. The Morgan fingerprint density at radius 3 is 2.54 bits per heavy atom. The normalized spacial score (nSPS) is 15.4. The average molecular weight is 397 g/mol. The maximum Gasteiger partial charge on any atom is 0.306 e. The van der Waals surface area contributed by atoms with Gasteiger partial charge in [-0.1, -0.05) is 24.3 Å². The van der Waals surface area contributed by atoms with Gasteiger partial charge in [0.1, 0.15) is 5.75 Å². The smallest absolute Gasteiger partial charge is 0.306 e. The molecular weight excluding hydrogens is 378 g/mol. The van der Waals surface area contributed by atoms with Gasteiger partial charge in [-0.25, -0.2) is 4.90 Å². The Morgan fingerprint density at radius 1 is 1.14 bits per heavy atom. The standard InChI is InChI=1S/C21H19NO5S/c1-13-4-3-5-17(14(13)2)22-20(25)18(28-21(22)26)12-15-6-8-16(9-7-15)27-11-10-19(23)24/h3-9,12H,10-11H2,1-2H3,(H,23,24)/b18-12+. The van der Waals surface area contributed by atoms with E-state index in [-0.39, 0.29) is 24.2 Å². The van der Waals surface area contributed by atoms with Gasteiger partial charge in [0, 0.05) is 0 Å². The van der Waals surface area contributed by atoms with Gasteiger partial charge in [0.2, 0.25) is 0 Å². The van der Waals surface area contributed by atoms with Crippen molar-refractivity contribution in [1.82, 2.24) is 0 Å². The number of aryl methyl sites for hydroxylation is 1. The van der Waals surface area contributed by atoms with Gasteiger partial charge in [-0.15, -0.1) is 0 Å². The average Bonchev–Trinajstić information content (AvgIpc) is 2.92. The molecule has 0 aliphatic carbocycles. The number of benzene rings is 2. The number of carboxylic acids is 1. The summed E-state index contributed by atoms with van der Waals surface area (Å²) < 4.78 is 5.34. The summed E-state index contributed by atoms with van der Waals surface area (Å²) in [5, 5.41) is 8.30. The second-order valence-corrected chi connectivity index (χ2v) is 7.29. The van der Waals surface area contributed by atoms with Crippen molar-refractivity contribution in [2.24, 2.45) is 0 Å². The number of ether oxygens (including phenoxy) is 1. The van der Waals surface area contributed by atoms with Crippen molar-refractivity contribution >= 4 is 40.6 Å². The van der Waals surface area contributed by atoms with E-state index in [9.17, 15) is 14.4 Å². The molecule has 6 nitrogen and oxygen atoms in total. The number of rotatable bonds is 6. The first-order chi connectivity index (χ1) is 13.4. The number of hydrogen-bond acceptors (Lipinski definition) is 5. The summed E-state index contributed by atoms with van der Waals surface area (Å²) in [5.74, 6) is -0.719. The fourth-order valence-electron chi connectivity index (χ4n) is 2.72. The largest absolute Gasteiger partial charge is 0.493 e. The number of hydrogen-bond donors (Lipinski definition) is 1. The fourth-order valence-corrected chi connectivity index (χ4v) is 3.56. The van der Waals surface area contributed by atoms with E-state index in [0.29, 0.717) is 16.3 Å². The highest BCUT2D eigenvalue weighted by atomic mass is 32.2. The SMILES string of the molecule is Cc1cccc(N2C(=O)S/C(=C/c3ccc(OCCC(=O)O)cc3)C2=O)c1C. The van der Waals surface area contributed by atoms with Gasteiger partial charge >= 0.3 is 5.97 Å². The number of carbonyl (C=O) groups excluding carboxylic acids is 2. The molecule has 0 bridgehead atoms. The molecule has 2 amide bonds. The lowest BCUT2D eigenvalue weighted by molar-refractivity contribution is -0.137. The van der Waals surface area contributed by atoms with Gasteiger partial charge < -0.3 is 9.84 Å². The number of carboxylic acid groups (broad SMARTS) is 1. The van der Waals surface area contributed by atoms with E-state index in [0.717, 1.165) is 28.5 Å². The Kier molecular flexibility index (Phi) is 5.84. The minimum atomic E-state index is -0.920. The first-order valence-corrected chi connectivity index (χ1v) is 9.47. The van der Waals surface area contributed by atoms with Crippen LogP contribution in [0.5, 0.6) is 5.75 Å². The topological polar surface area (TPSA) is 83.9 Å². The zero-order valence-electron chi connectivity index (χ0n) is 15.5. The highest BCUT2D eigenvalue weighted by Crippen LogP contribution is 2.37. The summed E-state index contributed by atoms with van der Waals surface area (Å²) in [6, 6.07) is 12.4. The molecule has 0 saturated carbocycles. The van der Waals surface area contributed by atoms with Gasteiger partial charge in [-0.05, 0) is 66.6 Å². The molecule has 0 spiro atoms. The Labute approximate surface area is 166 Å². The summed E-state index contributed by atoms with van der Waals surface area (Å²) in [7, 11) is 0. The second kappa shape index (κ2) is 8.31. The Bertz CT molecular complexity index is 965. The van der Waals surface area contributed by atoms with Gasteiger partial charge in [-0.3, -0.25) is 14.4 Å². The lowest BCUT2D eigenvalue weighted by Gasteiger charge is -2.16. The molecule has 1 heterocycles. The molecule has 3 rings (SSSR count). The zero-order chi connectivity index (χ0) is 20.3. The van der Waals surface area contributed by atoms with Gasteiger partial charge in [-0.2, -0.15) is 0 Å². The molecule has 2 aromatic rings. The number of thioether (sulfide) groups is 1. The van der Waals surface area contributed by atoms with E-state index < -0.39 is 5.97 Å². The van der Waals surface area contributed by atoms with Gasteiger partial charge in [0.05, 0.1) is 23.6 Å². The van der Waals surface area contributed by atoms with Crippen molar-refractivity contribution < 1.29 is 24.2 Å². The summed E-state index contributed by atoms with van der Waals surface area (Å²) >= 11 is 0.909. The lowest BCUT2D eigenvalue weighted by atomic mass is 10.1. The molecule has 1 fully saturated rings. The van der Waals surface area contributed by atoms with Crippen LogP contribution in [0.3, 0.4) is 0 Å². The third-order valence-corrected chi connectivity index (χ3v) is 5.24. The highest BCUT2D eigenvalue weighted by Gasteiger charge is 2.37. The number of carbonyl (C=O) groups is 3. The number of nitrogens with zero attached hydrogens (tertiary/aromatic N) is 1. The Morgan fingerprint density at radius 2 is 1.86 bits per heavy atom. The van der Waals surface area contributed by atoms with Crippen LogP contribution in [0, 0.1) is 13.8 Å². The van der Waals surface area contributed by atoms with E-state index in [4.69, 9.17) is 9.84 Å². The molecule has 0 radical (unpaired) electrons. The third kappa shape index (κ3) is 4.26. The predicted molar refractivity (Wildman–Crippen MR) is 109 cm³/mol. The Hall–Kier alpha value is -3.06. The number of imide groups is 1. The summed E-state index contributed by atoms with van der Waals surface area (Å²) in [6.07, 6.45) is 1.59. The van der Waals surface area contributed by atoms with Crippen LogP contribution < -0.4 is 9.64 Å². The van der Waals surface area contributed by atoms with Crippen molar-refractivity contribution in [1.29, 1.82) is 0 Å². The molecule has 0 unspecified atom stereocenters. The van der Waals surface area contributed by atoms with Crippen LogP contribution >= 0.6 is 11.8 Å². The van der Waals surface area contributed by atoms with Crippen LogP contribution in [0.4, 0.5) is 10.5 Å². The molecular formula is C21H19NO5S.